The van der Waals surface area contributed by atoms with Crippen LogP contribution < -0.4 is 16.4 Å². The molecule has 2 aliphatic rings. The van der Waals surface area contributed by atoms with Crippen LogP contribution in [0.4, 0.5) is 26.1 Å². The highest BCUT2D eigenvalue weighted by molar-refractivity contribution is 5.92. The first-order valence-corrected chi connectivity index (χ1v) is 11.8. The van der Waals surface area contributed by atoms with Gasteiger partial charge in [0.25, 0.3) is 0 Å². The molecule has 1 aromatic carbocycles. The molecule has 1 atom stereocenters. The molecule has 9 heteroatoms. The predicted octanol–water partition coefficient (Wildman–Crippen LogP) is 5.33. The Bertz CT molecular complexity index is 1330. The van der Waals surface area contributed by atoms with E-state index in [9.17, 15) is 8.78 Å². The Hall–Kier alpha value is -3.72. The molecule has 1 saturated carbocycles. The van der Waals surface area contributed by atoms with Gasteiger partial charge in [0.1, 0.15) is 29.0 Å². The second kappa shape index (κ2) is 9.87. The third kappa shape index (κ3) is 5.19. The number of fused-ring (bicyclic) bond motifs is 1. The summed E-state index contributed by atoms with van der Waals surface area (Å²) in [4.78, 5) is 17.5. The second-order valence-corrected chi connectivity index (χ2v) is 8.98. The summed E-state index contributed by atoms with van der Waals surface area (Å²) in [5.74, 6) is 0.100. The van der Waals surface area contributed by atoms with Gasteiger partial charge in [-0.05, 0) is 74.9 Å². The van der Waals surface area contributed by atoms with Crippen LogP contribution in [0, 0.1) is 11.6 Å². The summed E-state index contributed by atoms with van der Waals surface area (Å²) in [6.07, 6.45) is 10.00. The van der Waals surface area contributed by atoms with E-state index in [-0.39, 0.29) is 11.5 Å². The number of nitrogens with zero attached hydrogens (tertiary/aromatic N) is 4. The maximum atomic E-state index is 13.9. The molecule has 4 heterocycles. The Kier molecular flexibility index (Phi) is 6.50. The van der Waals surface area contributed by atoms with Crippen LogP contribution in [0.3, 0.4) is 0 Å². The molecule has 35 heavy (non-hydrogen) atoms. The first kappa shape index (κ1) is 23.0. The van der Waals surface area contributed by atoms with Crippen LogP contribution in [-0.4, -0.2) is 32.5 Å². The fourth-order valence-corrected chi connectivity index (χ4v) is 4.21. The minimum atomic E-state index is -0.706. The summed E-state index contributed by atoms with van der Waals surface area (Å²) < 4.78 is 27.8. The second-order valence-electron chi connectivity index (χ2n) is 8.98. The number of hydrogen-bond donors (Lipinski definition) is 3. The molecule has 6 rings (SSSR count). The molecule has 0 spiro atoms. The van der Waals surface area contributed by atoms with Gasteiger partial charge in [0.15, 0.2) is 5.82 Å². The molecule has 1 saturated heterocycles. The number of rotatable bonds is 4. The van der Waals surface area contributed by atoms with Crippen LogP contribution in [-0.2, 0) is 0 Å². The van der Waals surface area contributed by atoms with Crippen LogP contribution in [0.2, 0.25) is 0 Å². The van der Waals surface area contributed by atoms with Crippen LogP contribution >= 0.6 is 0 Å². The van der Waals surface area contributed by atoms with E-state index in [1.165, 1.54) is 43.8 Å². The number of halogens is 2. The van der Waals surface area contributed by atoms with Crippen molar-refractivity contribution in [1.29, 1.82) is 0 Å². The first-order chi connectivity index (χ1) is 17.0. The molecule has 0 amide bonds. The summed E-state index contributed by atoms with van der Waals surface area (Å²) >= 11 is 0. The van der Waals surface area contributed by atoms with Crippen molar-refractivity contribution in [2.75, 3.05) is 17.6 Å². The van der Waals surface area contributed by atoms with Gasteiger partial charge in [-0.3, -0.25) is 4.98 Å². The van der Waals surface area contributed by atoms with E-state index >= 15 is 0 Å². The number of anilines is 3. The number of nitrogens with two attached hydrogens (primary N) is 1. The van der Waals surface area contributed by atoms with Crippen molar-refractivity contribution in [2.45, 2.75) is 44.6 Å². The molecular formula is C26H27F2N7. The number of benzene rings is 1. The average molecular weight is 476 g/mol. The summed E-state index contributed by atoms with van der Waals surface area (Å²) in [5, 5.41) is 6.83. The van der Waals surface area contributed by atoms with Crippen LogP contribution in [0.5, 0.6) is 0 Å². The van der Waals surface area contributed by atoms with Gasteiger partial charge in [0.2, 0.25) is 0 Å². The zero-order valence-electron chi connectivity index (χ0n) is 19.4. The van der Waals surface area contributed by atoms with E-state index in [1.54, 1.807) is 18.3 Å². The van der Waals surface area contributed by atoms with Crippen molar-refractivity contribution >= 4 is 28.2 Å². The standard InChI is InChI=1S/C21H16F2N6.C5H11N/c22-14-2-1-3-15(23)19(14)28-17-8-12(6-7-26-17)21-27-16-10-25-9-13(11-4-5-11)18(16)20(24)29-21;1-5-3-2-4-6-5/h1-3,6-11H,4-5H2,(H,26,28)(H2,24,27,29);5-6H,2-4H2,1H3. The first-order valence-electron chi connectivity index (χ1n) is 11.8. The zero-order valence-corrected chi connectivity index (χ0v) is 19.4. The monoisotopic (exact) mass is 475 g/mol. The smallest absolute Gasteiger partial charge is 0.162 e. The summed E-state index contributed by atoms with van der Waals surface area (Å²) in [7, 11) is 0. The summed E-state index contributed by atoms with van der Waals surface area (Å²) in [6, 6.07) is 7.77. The highest BCUT2D eigenvalue weighted by atomic mass is 19.1. The lowest BCUT2D eigenvalue weighted by molar-refractivity contribution is 0.590. The Morgan fingerprint density at radius 1 is 1.06 bits per heavy atom. The highest BCUT2D eigenvalue weighted by Crippen LogP contribution is 2.43. The lowest BCUT2D eigenvalue weighted by Gasteiger charge is -2.11. The molecule has 1 aliphatic heterocycles. The van der Waals surface area contributed by atoms with E-state index in [4.69, 9.17) is 5.73 Å². The maximum absolute atomic E-state index is 13.9. The SMILES string of the molecule is CC1CCCN1.Nc1nc(-c2ccnc(Nc3c(F)cccc3F)c2)nc2cncc(C3CC3)c12. The molecule has 0 bridgehead atoms. The number of nitrogens with one attached hydrogen (secondary N) is 2. The lowest BCUT2D eigenvalue weighted by Crippen LogP contribution is -2.16. The molecular weight excluding hydrogens is 448 g/mol. The number of para-hydroxylation sites is 1. The summed E-state index contributed by atoms with van der Waals surface area (Å²) in [5.41, 5.74) is 8.35. The van der Waals surface area contributed by atoms with Crippen molar-refractivity contribution in [2.24, 2.45) is 0 Å². The fraction of sp³-hybridized carbons (Fsp3) is 0.308. The number of nitrogen functional groups attached to an aromatic ring is 1. The Morgan fingerprint density at radius 2 is 1.86 bits per heavy atom. The van der Waals surface area contributed by atoms with Gasteiger partial charge >= 0.3 is 0 Å². The van der Waals surface area contributed by atoms with Crippen molar-refractivity contribution in [3.8, 4) is 11.4 Å². The number of pyridine rings is 2. The van der Waals surface area contributed by atoms with Crippen molar-refractivity contribution in [1.82, 2.24) is 25.3 Å². The maximum Gasteiger partial charge on any atom is 0.162 e. The van der Waals surface area contributed by atoms with Crippen LogP contribution in [0.1, 0.15) is 44.1 Å². The van der Waals surface area contributed by atoms with Gasteiger partial charge in [0, 0.05) is 29.4 Å². The van der Waals surface area contributed by atoms with Crippen molar-refractivity contribution in [3.05, 3.63) is 66.1 Å². The van der Waals surface area contributed by atoms with Gasteiger partial charge in [-0.15, -0.1) is 0 Å². The quantitative estimate of drug-likeness (QED) is 0.367. The van der Waals surface area contributed by atoms with Crippen LogP contribution in [0.25, 0.3) is 22.3 Å². The normalized spacial score (nSPS) is 17.2. The number of aromatic nitrogens is 4. The van der Waals surface area contributed by atoms with Gasteiger partial charge in [0.05, 0.1) is 11.7 Å². The molecule has 180 valence electrons. The fourth-order valence-electron chi connectivity index (χ4n) is 4.21. The molecule has 3 aromatic heterocycles. The van der Waals surface area contributed by atoms with Crippen molar-refractivity contribution < 1.29 is 8.78 Å². The van der Waals surface area contributed by atoms with E-state index < -0.39 is 11.6 Å². The van der Waals surface area contributed by atoms with E-state index in [2.05, 4.69) is 37.5 Å². The summed E-state index contributed by atoms with van der Waals surface area (Å²) in [6.45, 7) is 3.47. The third-order valence-electron chi connectivity index (χ3n) is 6.22. The Balaban J connectivity index is 0.000000371. The zero-order chi connectivity index (χ0) is 24.4. The average Bonchev–Trinajstić information content (AvgIpc) is 3.60. The third-order valence-corrected chi connectivity index (χ3v) is 6.22. The minimum Gasteiger partial charge on any atom is -0.383 e. The number of hydrogen-bond acceptors (Lipinski definition) is 7. The largest absolute Gasteiger partial charge is 0.383 e. The molecule has 4 aromatic rings. The van der Waals surface area contributed by atoms with Crippen LogP contribution in [0.15, 0.2) is 48.9 Å². The molecule has 4 N–H and O–H groups in total. The van der Waals surface area contributed by atoms with E-state index in [0.717, 1.165) is 29.8 Å². The van der Waals surface area contributed by atoms with Gasteiger partial charge in [-0.25, -0.2) is 23.7 Å². The highest BCUT2D eigenvalue weighted by Gasteiger charge is 2.27. The molecule has 1 unspecified atom stereocenters. The molecule has 7 nitrogen and oxygen atoms in total. The Labute approximate surface area is 202 Å². The minimum absolute atomic E-state index is 0.263. The predicted molar refractivity (Wildman–Crippen MR) is 133 cm³/mol. The van der Waals surface area contributed by atoms with Crippen molar-refractivity contribution in [3.63, 3.8) is 0 Å². The van der Waals surface area contributed by atoms with Gasteiger partial charge < -0.3 is 16.4 Å². The van der Waals surface area contributed by atoms with E-state index in [0.29, 0.717) is 28.6 Å². The molecule has 2 fully saturated rings. The van der Waals surface area contributed by atoms with Gasteiger partial charge in [-0.2, -0.15) is 0 Å². The Morgan fingerprint density at radius 3 is 2.51 bits per heavy atom. The topological polar surface area (TPSA) is 102 Å². The van der Waals surface area contributed by atoms with E-state index in [1.807, 2.05) is 6.20 Å². The molecule has 1 aliphatic carbocycles. The lowest BCUT2D eigenvalue weighted by atomic mass is 10.1. The van der Waals surface area contributed by atoms with Gasteiger partial charge in [-0.1, -0.05) is 6.07 Å². The molecule has 0 radical (unpaired) electrons.